The van der Waals surface area contributed by atoms with E-state index in [1.54, 1.807) is 0 Å². The molecule has 0 bridgehead atoms. The van der Waals surface area contributed by atoms with Crippen molar-refractivity contribution in [3.8, 4) is 0 Å². The van der Waals surface area contributed by atoms with Crippen LogP contribution in [0.25, 0.3) is 0 Å². The molecular weight excluding hydrogens is 256 g/mol. The van der Waals surface area contributed by atoms with Crippen LogP contribution in [0.2, 0.25) is 0 Å². The number of hydrogen-bond donors (Lipinski definition) is 2. The SMILES string of the molecule is CC.COC1=C(C(=O)NCc2ccccc2)CNC1=O. The number of nitrogens with one attached hydrogen (secondary N) is 2. The summed E-state index contributed by atoms with van der Waals surface area (Å²) in [7, 11) is 1.38. The van der Waals surface area contributed by atoms with Crippen molar-refractivity contribution in [3.05, 3.63) is 47.2 Å². The van der Waals surface area contributed by atoms with Gasteiger partial charge in [0.25, 0.3) is 11.8 Å². The Hall–Kier alpha value is -2.30. The second kappa shape index (κ2) is 7.99. The predicted octanol–water partition coefficient (Wildman–Crippen LogP) is 1.36. The first kappa shape index (κ1) is 15.8. The summed E-state index contributed by atoms with van der Waals surface area (Å²) in [5.41, 5.74) is 1.35. The van der Waals surface area contributed by atoms with Crippen molar-refractivity contribution in [2.45, 2.75) is 20.4 Å². The molecule has 1 heterocycles. The zero-order valence-corrected chi connectivity index (χ0v) is 12.0. The van der Waals surface area contributed by atoms with Crippen LogP contribution in [0, 0.1) is 0 Å². The summed E-state index contributed by atoms with van der Waals surface area (Å²) < 4.78 is 4.92. The van der Waals surface area contributed by atoms with Gasteiger partial charge in [-0.3, -0.25) is 9.59 Å². The Labute approximate surface area is 119 Å². The van der Waals surface area contributed by atoms with Crippen molar-refractivity contribution in [3.63, 3.8) is 0 Å². The molecule has 2 amide bonds. The van der Waals surface area contributed by atoms with Crippen molar-refractivity contribution in [1.29, 1.82) is 0 Å². The van der Waals surface area contributed by atoms with Gasteiger partial charge in [-0.15, -0.1) is 0 Å². The molecule has 0 spiro atoms. The normalized spacial score (nSPS) is 13.2. The Morgan fingerprint density at radius 1 is 1.30 bits per heavy atom. The molecule has 1 aliphatic rings. The number of carbonyl (C=O) groups excluding carboxylic acids is 2. The van der Waals surface area contributed by atoms with Crippen LogP contribution in [0.3, 0.4) is 0 Å². The lowest BCUT2D eigenvalue weighted by molar-refractivity contribution is -0.120. The van der Waals surface area contributed by atoms with E-state index < -0.39 is 0 Å². The Bertz CT molecular complexity index is 495. The number of carbonyl (C=O) groups is 2. The van der Waals surface area contributed by atoms with E-state index in [1.165, 1.54) is 7.11 Å². The molecule has 0 saturated carbocycles. The molecule has 108 valence electrons. The first-order chi connectivity index (χ1) is 9.72. The largest absolute Gasteiger partial charge is 0.491 e. The molecule has 0 atom stereocenters. The lowest BCUT2D eigenvalue weighted by Gasteiger charge is -2.06. The van der Waals surface area contributed by atoms with Gasteiger partial charge in [-0.05, 0) is 5.56 Å². The lowest BCUT2D eigenvalue weighted by Crippen LogP contribution is -2.27. The van der Waals surface area contributed by atoms with E-state index in [0.717, 1.165) is 5.56 Å². The minimum Gasteiger partial charge on any atom is -0.491 e. The van der Waals surface area contributed by atoms with Gasteiger partial charge < -0.3 is 15.4 Å². The maximum atomic E-state index is 11.9. The van der Waals surface area contributed by atoms with E-state index in [9.17, 15) is 9.59 Å². The van der Waals surface area contributed by atoms with Crippen LogP contribution in [0.4, 0.5) is 0 Å². The van der Waals surface area contributed by atoms with Crippen molar-refractivity contribution in [1.82, 2.24) is 10.6 Å². The zero-order valence-electron chi connectivity index (χ0n) is 12.0. The summed E-state index contributed by atoms with van der Waals surface area (Å²) in [4.78, 5) is 23.2. The number of amides is 2. The van der Waals surface area contributed by atoms with Crippen LogP contribution in [0.1, 0.15) is 19.4 Å². The van der Waals surface area contributed by atoms with E-state index in [0.29, 0.717) is 12.1 Å². The standard InChI is InChI=1S/C13H14N2O3.C2H6/c1-18-11-10(8-15-13(11)17)12(16)14-7-9-5-3-2-4-6-9;1-2/h2-6H,7-8H2,1H3,(H,14,16)(H,15,17);1-2H3. The molecule has 0 unspecified atom stereocenters. The number of hydrogen-bond acceptors (Lipinski definition) is 3. The van der Waals surface area contributed by atoms with Crippen molar-refractivity contribution >= 4 is 11.8 Å². The van der Waals surface area contributed by atoms with Gasteiger partial charge in [0.1, 0.15) is 0 Å². The van der Waals surface area contributed by atoms with Crippen LogP contribution in [-0.4, -0.2) is 25.5 Å². The summed E-state index contributed by atoms with van der Waals surface area (Å²) in [6, 6.07) is 9.56. The first-order valence-electron chi connectivity index (χ1n) is 6.60. The molecule has 5 nitrogen and oxygen atoms in total. The van der Waals surface area contributed by atoms with Gasteiger partial charge in [0.05, 0.1) is 19.2 Å². The highest BCUT2D eigenvalue weighted by molar-refractivity contribution is 6.07. The van der Waals surface area contributed by atoms with Crippen LogP contribution in [-0.2, 0) is 20.9 Å². The maximum absolute atomic E-state index is 11.9. The summed E-state index contributed by atoms with van der Waals surface area (Å²) >= 11 is 0. The summed E-state index contributed by atoms with van der Waals surface area (Å²) in [5, 5.41) is 5.31. The first-order valence-corrected chi connectivity index (χ1v) is 6.60. The minimum atomic E-state index is -0.345. The van der Waals surface area contributed by atoms with Gasteiger partial charge in [0.15, 0.2) is 5.76 Å². The third kappa shape index (κ3) is 3.85. The van der Waals surface area contributed by atoms with Crippen LogP contribution in [0.15, 0.2) is 41.7 Å². The molecule has 0 fully saturated rings. The number of benzene rings is 1. The predicted molar refractivity (Wildman–Crippen MR) is 76.7 cm³/mol. The minimum absolute atomic E-state index is 0.0977. The quantitative estimate of drug-likeness (QED) is 0.872. The molecule has 0 saturated heterocycles. The smallest absolute Gasteiger partial charge is 0.287 e. The van der Waals surface area contributed by atoms with Crippen molar-refractivity contribution in [2.24, 2.45) is 0 Å². The number of rotatable bonds is 4. The monoisotopic (exact) mass is 276 g/mol. The van der Waals surface area contributed by atoms with Gasteiger partial charge in [0, 0.05) is 6.54 Å². The third-order valence-electron chi connectivity index (χ3n) is 2.68. The molecule has 1 aromatic carbocycles. The van der Waals surface area contributed by atoms with Crippen molar-refractivity contribution < 1.29 is 14.3 Å². The molecule has 1 aromatic rings. The second-order valence-corrected chi connectivity index (χ2v) is 3.86. The van der Waals surface area contributed by atoms with Gasteiger partial charge in [-0.2, -0.15) is 0 Å². The van der Waals surface area contributed by atoms with E-state index in [-0.39, 0.29) is 24.1 Å². The van der Waals surface area contributed by atoms with Gasteiger partial charge >= 0.3 is 0 Å². The molecule has 2 rings (SSSR count). The molecule has 0 aliphatic carbocycles. The summed E-state index contributed by atoms with van der Waals surface area (Å²) in [6.07, 6.45) is 0. The van der Waals surface area contributed by atoms with Crippen LogP contribution in [0.5, 0.6) is 0 Å². The van der Waals surface area contributed by atoms with Gasteiger partial charge in [-0.1, -0.05) is 44.2 Å². The fourth-order valence-corrected chi connectivity index (χ4v) is 1.75. The molecule has 1 aliphatic heterocycles. The number of ether oxygens (including phenoxy) is 1. The second-order valence-electron chi connectivity index (χ2n) is 3.86. The number of methoxy groups -OCH3 is 1. The van der Waals surface area contributed by atoms with Crippen molar-refractivity contribution in [2.75, 3.05) is 13.7 Å². The highest BCUT2D eigenvalue weighted by atomic mass is 16.5. The van der Waals surface area contributed by atoms with E-state index in [1.807, 2.05) is 44.2 Å². The zero-order chi connectivity index (χ0) is 15.0. The van der Waals surface area contributed by atoms with E-state index in [4.69, 9.17) is 4.74 Å². The lowest BCUT2D eigenvalue weighted by atomic mass is 10.2. The Morgan fingerprint density at radius 2 is 1.95 bits per heavy atom. The average molecular weight is 276 g/mol. The topological polar surface area (TPSA) is 67.4 Å². The van der Waals surface area contributed by atoms with Crippen LogP contribution >= 0.6 is 0 Å². The van der Waals surface area contributed by atoms with Gasteiger partial charge in [0.2, 0.25) is 0 Å². The molecule has 2 N–H and O–H groups in total. The Kier molecular flexibility index (Phi) is 6.29. The average Bonchev–Trinajstić information content (AvgIpc) is 2.89. The van der Waals surface area contributed by atoms with E-state index in [2.05, 4.69) is 10.6 Å². The molecule has 0 radical (unpaired) electrons. The molecule has 0 aromatic heterocycles. The Balaban J connectivity index is 0.000000956. The molecular formula is C15H20N2O3. The Morgan fingerprint density at radius 3 is 2.55 bits per heavy atom. The van der Waals surface area contributed by atoms with Crippen LogP contribution < -0.4 is 10.6 Å². The molecule has 5 heteroatoms. The fourth-order valence-electron chi connectivity index (χ4n) is 1.75. The summed E-state index contributed by atoms with van der Waals surface area (Å²) in [6.45, 7) is 4.64. The van der Waals surface area contributed by atoms with Gasteiger partial charge in [-0.25, -0.2) is 0 Å². The van der Waals surface area contributed by atoms with E-state index >= 15 is 0 Å². The highest BCUT2D eigenvalue weighted by Gasteiger charge is 2.28. The fraction of sp³-hybridized carbons (Fsp3) is 0.333. The summed E-state index contributed by atoms with van der Waals surface area (Å²) in [5.74, 6) is -0.531. The maximum Gasteiger partial charge on any atom is 0.287 e. The highest BCUT2D eigenvalue weighted by Crippen LogP contribution is 2.12. The third-order valence-corrected chi connectivity index (χ3v) is 2.68. The molecule has 20 heavy (non-hydrogen) atoms.